The van der Waals surface area contributed by atoms with Gasteiger partial charge in [0.25, 0.3) is 0 Å². The Morgan fingerprint density at radius 1 is 0.722 bits per heavy atom. The predicted octanol–water partition coefficient (Wildman–Crippen LogP) is -2.96. The maximum Gasteiger partial charge on any atom is 0.323 e. The van der Waals surface area contributed by atoms with E-state index in [0.717, 1.165) is 28.9 Å². The number of carbonyl (C=O) groups excluding carboxylic acids is 8. The van der Waals surface area contributed by atoms with Gasteiger partial charge in [-0.1, -0.05) is 38.5 Å². The number of ether oxygens (including phenoxy) is 2. The molecular formula is C52H77N11O16. The van der Waals surface area contributed by atoms with Crippen molar-refractivity contribution < 1.29 is 77.5 Å². The SMILES string of the molecule is CC[C@H](C)[C@H](NC(=O)CCNC(=O)CCNC(=O)CN(CC(=O)O)C(=O)CN1CCC(CN2CCN(CC(=O)O)CCN(CC(=O)O)CC2)CC1)C(=O)N[C@H]1CCc2cccc3c2N(C1=O)[C@H](C(=O)N[C@H]1CC(=O)O[C@H]1OC)C3. The van der Waals surface area contributed by atoms with E-state index in [4.69, 9.17) is 9.47 Å². The lowest BCUT2D eigenvalue weighted by Crippen LogP contribution is -2.59. The first-order valence-corrected chi connectivity index (χ1v) is 27.1. The van der Waals surface area contributed by atoms with Crippen molar-refractivity contribution in [2.24, 2.45) is 11.8 Å². The molecule has 5 aliphatic heterocycles. The molecule has 6 rings (SSSR count). The van der Waals surface area contributed by atoms with Crippen LogP contribution in [-0.4, -0.2) is 247 Å². The third kappa shape index (κ3) is 18.1. The highest BCUT2D eigenvalue weighted by molar-refractivity contribution is 6.08. The number of cyclic esters (lactones) is 1. The molecule has 79 heavy (non-hydrogen) atoms. The maximum absolute atomic E-state index is 14.3. The zero-order valence-corrected chi connectivity index (χ0v) is 45.3. The number of para-hydroxylation sites is 1. The van der Waals surface area contributed by atoms with Crippen LogP contribution in [0.3, 0.4) is 0 Å². The number of aryl methyl sites for hydroxylation is 1. The molecule has 0 unspecified atom stereocenters. The van der Waals surface area contributed by atoms with Crippen molar-refractivity contribution in [1.82, 2.24) is 51.1 Å². The summed E-state index contributed by atoms with van der Waals surface area (Å²) in [7, 11) is 1.35. The number of carboxylic acid groups (broad SMARTS) is 3. The molecule has 1 aromatic rings. The van der Waals surface area contributed by atoms with Crippen LogP contribution in [0.5, 0.6) is 0 Å². The van der Waals surface area contributed by atoms with Crippen LogP contribution in [-0.2, 0) is 75.1 Å². The standard InChI is InChI=1S/C52H77N11O16/c1-4-32(2)47(50(76)55-36-9-8-34-6-5-7-35-24-38(63(48(34)35)51(36)77)49(75)56-37-25-46(74)79-52(37)78-3)57-40(65)11-15-53-39(64)10-14-54-41(66)27-62(31-45(72)73)42(67)28-58-16-12-33(13-17-58)26-59-18-20-60(29-43(68)69)22-23-61(21-19-59)30-44(70)71/h5-7,32-33,36-38,47,52H,4,8-31H2,1-3H3,(H,53,64)(H,54,66)(H,55,76)(H,56,75)(H,57,65)(H,68,69)(H,70,71)(H,72,73)/t32-,36-,37-,38-,47-,52+/m0/s1. The van der Waals surface area contributed by atoms with Crippen LogP contribution < -0.4 is 31.5 Å². The van der Waals surface area contributed by atoms with Crippen molar-refractivity contribution in [3.8, 4) is 0 Å². The molecule has 8 N–H and O–H groups in total. The average molecular weight is 1110 g/mol. The van der Waals surface area contributed by atoms with E-state index in [2.05, 4.69) is 31.5 Å². The molecule has 0 aromatic heterocycles. The van der Waals surface area contributed by atoms with E-state index in [1.165, 1.54) is 12.0 Å². The highest BCUT2D eigenvalue weighted by Crippen LogP contribution is 2.39. The fraction of sp³-hybridized carbons (Fsp3) is 0.673. The Bertz CT molecular complexity index is 2380. The largest absolute Gasteiger partial charge is 0.480 e. The first-order valence-electron chi connectivity index (χ1n) is 27.1. The summed E-state index contributed by atoms with van der Waals surface area (Å²) in [5, 5.41) is 41.8. The lowest BCUT2D eigenvalue weighted by molar-refractivity contribution is -0.160. The van der Waals surface area contributed by atoms with Gasteiger partial charge in [-0.05, 0) is 61.7 Å². The van der Waals surface area contributed by atoms with E-state index in [1.807, 2.05) is 30.0 Å². The van der Waals surface area contributed by atoms with Crippen molar-refractivity contribution in [3.05, 3.63) is 29.3 Å². The second kappa shape index (κ2) is 29.4. The number of piperidine rings is 1. The molecule has 5 heterocycles. The van der Waals surface area contributed by atoms with Gasteiger partial charge in [0, 0.05) is 85.3 Å². The Hall–Kier alpha value is -6.81. The van der Waals surface area contributed by atoms with E-state index in [0.29, 0.717) is 77.4 Å². The van der Waals surface area contributed by atoms with Gasteiger partial charge < -0.3 is 61.2 Å². The second-order valence-corrected chi connectivity index (χ2v) is 21.0. The second-order valence-electron chi connectivity index (χ2n) is 21.0. The van der Waals surface area contributed by atoms with Crippen molar-refractivity contribution in [2.45, 2.75) is 102 Å². The van der Waals surface area contributed by atoms with E-state index in [-0.39, 0.29) is 76.7 Å². The number of nitrogens with zero attached hydrogens (tertiary/aromatic N) is 6. The van der Waals surface area contributed by atoms with Crippen LogP contribution in [0, 0.1) is 11.8 Å². The van der Waals surface area contributed by atoms with Gasteiger partial charge in [0.2, 0.25) is 47.6 Å². The molecule has 3 saturated heterocycles. The van der Waals surface area contributed by atoms with Gasteiger partial charge in [-0.25, -0.2) is 0 Å². The molecule has 6 atom stereocenters. The number of nitrogens with one attached hydrogen (secondary N) is 5. The minimum absolute atomic E-state index is 0.101. The summed E-state index contributed by atoms with van der Waals surface area (Å²) >= 11 is 0. The molecule has 0 radical (unpaired) electrons. The van der Waals surface area contributed by atoms with Crippen molar-refractivity contribution in [3.63, 3.8) is 0 Å². The number of methoxy groups -OCH3 is 1. The van der Waals surface area contributed by atoms with Crippen LogP contribution in [0.4, 0.5) is 5.69 Å². The number of carbonyl (C=O) groups is 11. The zero-order valence-electron chi connectivity index (χ0n) is 45.3. The van der Waals surface area contributed by atoms with E-state index >= 15 is 0 Å². The third-order valence-electron chi connectivity index (χ3n) is 15.2. The molecule has 27 heteroatoms. The summed E-state index contributed by atoms with van der Waals surface area (Å²) in [4.78, 5) is 151. The minimum atomic E-state index is -1.31. The first kappa shape index (κ1) is 61.4. The Morgan fingerprint density at radius 3 is 1.92 bits per heavy atom. The van der Waals surface area contributed by atoms with Gasteiger partial charge in [-0.2, -0.15) is 0 Å². The number of carboxylic acids is 3. The maximum atomic E-state index is 14.3. The Labute approximate surface area is 458 Å². The Kier molecular flexibility index (Phi) is 22.9. The quantitative estimate of drug-likeness (QED) is 0.0430. The number of esters is 1. The number of aliphatic carboxylic acids is 3. The van der Waals surface area contributed by atoms with E-state index < -0.39 is 109 Å². The molecule has 1 aromatic carbocycles. The van der Waals surface area contributed by atoms with Crippen LogP contribution in [0.2, 0.25) is 0 Å². The lowest BCUT2D eigenvalue weighted by Gasteiger charge is -2.35. The lowest BCUT2D eigenvalue weighted by atomic mass is 9.96. The molecule has 3 fully saturated rings. The summed E-state index contributed by atoms with van der Waals surface area (Å²) in [6, 6.07) is 1.72. The van der Waals surface area contributed by atoms with Crippen LogP contribution >= 0.6 is 0 Å². The molecule has 0 bridgehead atoms. The van der Waals surface area contributed by atoms with Crippen LogP contribution in [0.25, 0.3) is 0 Å². The van der Waals surface area contributed by atoms with Crippen LogP contribution in [0.15, 0.2) is 18.2 Å². The smallest absolute Gasteiger partial charge is 0.323 e. The highest BCUT2D eigenvalue weighted by Gasteiger charge is 2.46. The normalized spacial score (nSPS) is 22.1. The average Bonchev–Trinajstić information content (AvgIpc) is 4.21. The van der Waals surface area contributed by atoms with Gasteiger partial charge in [-0.3, -0.25) is 72.3 Å². The minimum Gasteiger partial charge on any atom is -0.480 e. The van der Waals surface area contributed by atoms with E-state index in [1.54, 1.807) is 16.7 Å². The van der Waals surface area contributed by atoms with Gasteiger partial charge in [0.15, 0.2) is 0 Å². The molecule has 0 aliphatic carbocycles. The number of benzene rings is 1. The fourth-order valence-corrected chi connectivity index (χ4v) is 10.7. The summed E-state index contributed by atoms with van der Waals surface area (Å²) in [6.07, 6.45) is 1.30. The Morgan fingerprint density at radius 2 is 1.32 bits per heavy atom. The summed E-state index contributed by atoms with van der Waals surface area (Å²) in [5.41, 5.74) is 2.23. The topological polar surface area (TPSA) is 347 Å². The van der Waals surface area contributed by atoms with Gasteiger partial charge in [0.05, 0.1) is 31.7 Å². The van der Waals surface area contributed by atoms with Gasteiger partial charge >= 0.3 is 23.9 Å². The number of likely N-dealkylation sites (tertiary alicyclic amines) is 1. The van der Waals surface area contributed by atoms with Crippen molar-refractivity contribution >= 4 is 70.9 Å². The van der Waals surface area contributed by atoms with Gasteiger partial charge in [0.1, 0.15) is 37.3 Å². The molecule has 436 valence electrons. The summed E-state index contributed by atoms with van der Waals surface area (Å²) in [5.74, 6) is -7.78. The zero-order chi connectivity index (χ0) is 57.3. The van der Waals surface area contributed by atoms with E-state index in [9.17, 15) is 68.1 Å². The summed E-state index contributed by atoms with van der Waals surface area (Å²) < 4.78 is 10.4. The van der Waals surface area contributed by atoms with Gasteiger partial charge in [-0.15, -0.1) is 0 Å². The number of hydrogen-bond acceptors (Lipinski definition) is 17. The van der Waals surface area contributed by atoms with Crippen LogP contribution in [0.1, 0.15) is 69.9 Å². The molecule has 7 amide bonds. The molecule has 5 aliphatic rings. The number of amides is 7. The Balaban J connectivity index is 0.909. The fourth-order valence-electron chi connectivity index (χ4n) is 10.7. The molecular weight excluding hydrogens is 1030 g/mol. The highest BCUT2D eigenvalue weighted by atomic mass is 16.7. The van der Waals surface area contributed by atoms with Crippen molar-refractivity contribution in [1.29, 1.82) is 0 Å². The van der Waals surface area contributed by atoms with Crippen molar-refractivity contribution in [2.75, 3.05) is 117 Å². The first-order chi connectivity index (χ1) is 37.7. The number of hydrogen-bond donors (Lipinski definition) is 8. The molecule has 0 saturated carbocycles. The third-order valence-corrected chi connectivity index (χ3v) is 15.2. The monoisotopic (exact) mass is 1110 g/mol. The summed E-state index contributed by atoms with van der Waals surface area (Å²) in [6.45, 7) is 6.63. The molecule has 27 nitrogen and oxygen atoms in total. The number of anilines is 1. The predicted molar refractivity (Wildman–Crippen MR) is 280 cm³/mol. The number of rotatable bonds is 26. The molecule has 0 spiro atoms.